The molecule has 0 atom stereocenters. The molecule has 0 fully saturated rings. The Morgan fingerprint density at radius 2 is 1.02 bits per heavy atom. The van der Waals surface area contributed by atoms with Crippen LogP contribution in [0.15, 0.2) is 49.1 Å². The molecule has 4 amide bonds. The van der Waals surface area contributed by atoms with Gasteiger partial charge in [-0.3, -0.25) is 29.3 Å². The molecule has 0 bridgehead atoms. The van der Waals surface area contributed by atoms with Crippen LogP contribution in [-0.4, -0.2) is 53.4 Å². The Morgan fingerprint density at radius 3 is 1.38 bits per heavy atom. The van der Waals surface area contributed by atoms with E-state index in [9.17, 15) is 29.3 Å². The van der Waals surface area contributed by atoms with Crippen LogP contribution in [0.2, 0.25) is 0 Å². The molecule has 4 N–H and O–H groups in total. The van der Waals surface area contributed by atoms with Gasteiger partial charge in [0.25, 0.3) is 29.3 Å². The number of nitrogens with zero attached hydrogens (tertiary/aromatic N) is 5. The third kappa shape index (κ3) is 6.24. The Bertz CT molecular complexity index is 1700. The van der Waals surface area contributed by atoms with Gasteiger partial charge in [0.05, 0.1) is 28.2 Å². The third-order valence-electron chi connectivity index (χ3n) is 6.38. The van der Waals surface area contributed by atoms with Gasteiger partial charge in [-0.2, -0.15) is 0 Å². The average Bonchev–Trinajstić information content (AvgIpc) is 3.68. The second-order valence-electron chi connectivity index (χ2n) is 9.60. The number of aromatic nitrogens is 4. The lowest BCUT2D eigenvalue weighted by atomic mass is 10.3. The second kappa shape index (κ2) is 11.9. The van der Waals surface area contributed by atoms with Crippen LogP contribution in [0.5, 0.6) is 0 Å². The summed E-state index contributed by atoms with van der Waals surface area (Å²) in [6.07, 6.45) is 6.50. The van der Waals surface area contributed by atoms with E-state index in [-0.39, 0.29) is 28.7 Å². The van der Waals surface area contributed by atoms with Gasteiger partial charge in [-0.15, -0.1) is 0 Å². The van der Waals surface area contributed by atoms with Gasteiger partial charge in [-0.25, -0.2) is 0 Å². The van der Waals surface area contributed by atoms with Crippen LogP contribution in [-0.2, 0) is 28.2 Å². The maximum absolute atomic E-state index is 13.0. The average molecular weight is 577 g/mol. The van der Waals surface area contributed by atoms with Crippen molar-refractivity contribution in [3.63, 3.8) is 0 Å². The lowest BCUT2D eigenvalue weighted by Gasteiger charge is -2.03. The number of nitro groups is 1. The Labute approximate surface area is 240 Å². The fourth-order valence-electron chi connectivity index (χ4n) is 4.33. The van der Waals surface area contributed by atoms with Crippen molar-refractivity contribution >= 4 is 46.4 Å². The third-order valence-corrected chi connectivity index (χ3v) is 6.38. The molecule has 0 spiro atoms. The van der Waals surface area contributed by atoms with E-state index in [1.165, 1.54) is 40.7 Å². The number of hydrogen-bond donors (Lipinski definition) is 4. The summed E-state index contributed by atoms with van der Waals surface area (Å²) in [5.74, 6) is -1.80. The lowest BCUT2D eigenvalue weighted by Crippen LogP contribution is -2.25. The molecule has 0 aliphatic heterocycles. The summed E-state index contributed by atoms with van der Waals surface area (Å²) in [6, 6.07) is 5.69. The minimum atomic E-state index is -0.592. The molecule has 4 heterocycles. The zero-order valence-electron chi connectivity index (χ0n) is 23.4. The maximum Gasteiger partial charge on any atom is 0.287 e. The SMILES string of the molecule is [CH2]CCNC(=O)c1cc(NC(=O)c2cc(NC(=O)c3cc(NC(=O)c4cc([N+](=O)[O-])cn4C)cn3C)cn2C)cn1C. The molecular formula is C27H30N9O6. The van der Waals surface area contributed by atoms with Gasteiger partial charge in [0.15, 0.2) is 0 Å². The molecule has 4 aromatic heterocycles. The molecule has 4 aromatic rings. The first kappa shape index (κ1) is 29.4. The molecule has 1 radical (unpaired) electrons. The molecule has 15 nitrogen and oxygen atoms in total. The second-order valence-corrected chi connectivity index (χ2v) is 9.60. The number of carbonyl (C=O) groups excluding carboxylic acids is 4. The smallest absolute Gasteiger partial charge is 0.287 e. The Kier molecular flexibility index (Phi) is 8.31. The quantitative estimate of drug-likeness (QED) is 0.166. The topological polar surface area (TPSA) is 179 Å². The van der Waals surface area contributed by atoms with Gasteiger partial charge in [0, 0.05) is 59.4 Å². The maximum atomic E-state index is 13.0. The van der Waals surface area contributed by atoms with Crippen molar-refractivity contribution in [1.82, 2.24) is 23.6 Å². The summed E-state index contributed by atoms with van der Waals surface area (Å²) < 4.78 is 6.00. The predicted octanol–water partition coefficient (Wildman–Crippen LogP) is 2.66. The van der Waals surface area contributed by atoms with Crippen molar-refractivity contribution in [2.24, 2.45) is 28.2 Å². The molecule has 15 heteroatoms. The Balaban J connectivity index is 1.42. The molecule has 0 aliphatic carbocycles. The molecule has 0 aliphatic rings. The molecule has 42 heavy (non-hydrogen) atoms. The van der Waals surface area contributed by atoms with E-state index in [2.05, 4.69) is 28.2 Å². The molecular weight excluding hydrogens is 546 g/mol. The molecule has 0 saturated heterocycles. The van der Waals surface area contributed by atoms with Crippen LogP contribution in [0.25, 0.3) is 0 Å². The standard InChI is InChI=1S/C27H30N9O6/c1-6-7-28-24(37)20-8-16(12-32(20)2)29-25(38)21-9-17(13-33(21)3)30-26(39)22-10-18(14-34(22)4)31-27(40)23-11-19(36(41)42)15-35(23)5/h8-15H,1,6-7H2,2-5H3,(H,28,37)(H,29,38)(H,30,39)(H,31,40). The number of nitrogens with one attached hydrogen (secondary N) is 4. The normalized spacial score (nSPS) is 10.8. The summed E-state index contributed by atoms with van der Waals surface area (Å²) in [7, 11) is 6.48. The van der Waals surface area contributed by atoms with Crippen molar-refractivity contribution < 1.29 is 24.1 Å². The van der Waals surface area contributed by atoms with Crippen molar-refractivity contribution in [1.29, 1.82) is 0 Å². The van der Waals surface area contributed by atoms with Crippen molar-refractivity contribution in [3.05, 3.63) is 88.9 Å². The first-order valence-electron chi connectivity index (χ1n) is 12.7. The predicted molar refractivity (Wildman–Crippen MR) is 154 cm³/mol. The molecule has 0 aromatic carbocycles. The Hall–Kier alpha value is -5.60. The fraction of sp³-hybridized carbons (Fsp3) is 0.222. The highest BCUT2D eigenvalue weighted by Gasteiger charge is 2.21. The van der Waals surface area contributed by atoms with E-state index in [1.807, 2.05) is 0 Å². The zero-order chi connectivity index (χ0) is 30.7. The number of rotatable bonds is 10. The molecule has 0 saturated carbocycles. The highest BCUT2D eigenvalue weighted by molar-refractivity contribution is 6.08. The van der Waals surface area contributed by atoms with E-state index in [4.69, 9.17) is 0 Å². The number of carbonyl (C=O) groups is 4. The van der Waals surface area contributed by atoms with E-state index < -0.39 is 22.6 Å². The van der Waals surface area contributed by atoms with E-state index in [0.29, 0.717) is 35.7 Å². The van der Waals surface area contributed by atoms with Gasteiger partial charge in [-0.05, 0) is 24.6 Å². The summed E-state index contributed by atoms with van der Waals surface area (Å²) in [4.78, 5) is 61.3. The van der Waals surface area contributed by atoms with Crippen molar-refractivity contribution in [3.8, 4) is 0 Å². The van der Waals surface area contributed by atoms with Crippen LogP contribution in [0, 0.1) is 17.0 Å². The first-order chi connectivity index (χ1) is 19.9. The molecule has 0 unspecified atom stereocenters. The summed E-state index contributed by atoms with van der Waals surface area (Å²) in [5, 5.41) is 21.9. The largest absolute Gasteiger partial charge is 0.351 e. The van der Waals surface area contributed by atoms with Crippen LogP contribution in [0.4, 0.5) is 22.7 Å². The minimum Gasteiger partial charge on any atom is -0.351 e. The highest BCUT2D eigenvalue weighted by Crippen LogP contribution is 2.21. The summed E-state index contributed by atoms with van der Waals surface area (Å²) in [6.45, 7) is 4.12. The van der Waals surface area contributed by atoms with Crippen molar-refractivity contribution in [2.75, 3.05) is 22.5 Å². The molecule has 219 valence electrons. The number of aryl methyl sites for hydroxylation is 4. The number of anilines is 3. The van der Waals surface area contributed by atoms with Crippen LogP contribution < -0.4 is 21.3 Å². The highest BCUT2D eigenvalue weighted by atomic mass is 16.6. The van der Waals surface area contributed by atoms with Crippen LogP contribution in [0.3, 0.4) is 0 Å². The van der Waals surface area contributed by atoms with E-state index in [1.54, 1.807) is 48.7 Å². The summed E-state index contributed by atoms with van der Waals surface area (Å²) >= 11 is 0. The molecule has 4 rings (SSSR count). The van der Waals surface area contributed by atoms with Crippen LogP contribution >= 0.6 is 0 Å². The van der Waals surface area contributed by atoms with Crippen LogP contribution in [0.1, 0.15) is 48.4 Å². The lowest BCUT2D eigenvalue weighted by molar-refractivity contribution is -0.384. The summed E-state index contributed by atoms with van der Waals surface area (Å²) in [5.41, 5.74) is 1.81. The monoisotopic (exact) mass is 576 g/mol. The number of amides is 4. The van der Waals surface area contributed by atoms with E-state index in [0.717, 1.165) is 6.07 Å². The zero-order valence-corrected chi connectivity index (χ0v) is 23.4. The first-order valence-corrected chi connectivity index (χ1v) is 12.7. The number of hydrogen-bond acceptors (Lipinski definition) is 6. The van der Waals surface area contributed by atoms with Gasteiger partial charge >= 0.3 is 0 Å². The van der Waals surface area contributed by atoms with Gasteiger partial charge < -0.3 is 39.5 Å². The van der Waals surface area contributed by atoms with Gasteiger partial charge in [0.2, 0.25) is 0 Å². The van der Waals surface area contributed by atoms with Gasteiger partial charge in [0.1, 0.15) is 22.8 Å². The van der Waals surface area contributed by atoms with Gasteiger partial charge in [-0.1, -0.05) is 6.92 Å². The van der Waals surface area contributed by atoms with Crippen molar-refractivity contribution in [2.45, 2.75) is 6.42 Å². The Morgan fingerprint density at radius 1 is 0.667 bits per heavy atom. The van der Waals surface area contributed by atoms with E-state index >= 15 is 0 Å². The minimum absolute atomic E-state index is 0.0793. The fourth-order valence-corrected chi connectivity index (χ4v) is 4.33.